The van der Waals surface area contributed by atoms with E-state index in [1.807, 2.05) is 0 Å². The van der Waals surface area contributed by atoms with Crippen LogP contribution in [0.15, 0.2) is 48.5 Å². The molecule has 6 nitrogen and oxygen atoms in total. The lowest BCUT2D eigenvalue weighted by Crippen LogP contribution is -2.48. The normalized spacial score (nSPS) is 18.7. The third kappa shape index (κ3) is 3.24. The van der Waals surface area contributed by atoms with E-state index in [1.54, 1.807) is 24.3 Å². The molecule has 6 heteroatoms. The monoisotopic (exact) mass is 340 g/mol. The smallest absolute Gasteiger partial charge is 0.356 e. The molecule has 128 valence electrons. The van der Waals surface area contributed by atoms with Crippen molar-refractivity contribution < 1.29 is 28.6 Å². The molecular formula is C19H16O6. The highest BCUT2D eigenvalue weighted by molar-refractivity contribution is 5.96. The Bertz CT molecular complexity index is 839. The standard InChI is InChI=1S/C19H16O6/c1-19(11-13-5-3-4-6-15(13)17(21)25-19)18(22)24-14-9-7-12(8-10-14)16(20)23-2/h3-10H,11H2,1-2H3/t19-/m0/s1. The van der Waals surface area contributed by atoms with Crippen LogP contribution in [0.2, 0.25) is 0 Å². The van der Waals surface area contributed by atoms with Gasteiger partial charge in [0, 0.05) is 6.42 Å². The third-order valence-corrected chi connectivity index (χ3v) is 4.00. The van der Waals surface area contributed by atoms with Crippen LogP contribution < -0.4 is 4.74 Å². The lowest BCUT2D eigenvalue weighted by atomic mass is 9.90. The summed E-state index contributed by atoms with van der Waals surface area (Å²) in [5, 5.41) is 0. The molecule has 1 aliphatic heterocycles. The first-order valence-electron chi connectivity index (χ1n) is 7.65. The van der Waals surface area contributed by atoms with Crippen LogP contribution in [0.4, 0.5) is 0 Å². The van der Waals surface area contributed by atoms with Gasteiger partial charge in [0.2, 0.25) is 5.60 Å². The van der Waals surface area contributed by atoms with Crippen molar-refractivity contribution in [3.05, 3.63) is 65.2 Å². The van der Waals surface area contributed by atoms with Gasteiger partial charge >= 0.3 is 17.9 Å². The maximum absolute atomic E-state index is 12.5. The fourth-order valence-corrected chi connectivity index (χ4v) is 2.64. The van der Waals surface area contributed by atoms with Crippen molar-refractivity contribution in [1.29, 1.82) is 0 Å². The number of cyclic esters (lactones) is 1. The number of rotatable bonds is 3. The molecule has 0 aliphatic carbocycles. The van der Waals surface area contributed by atoms with E-state index in [-0.39, 0.29) is 12.2 Å². The number of carbonyl (C=O) groups excluding carboxylic acids is 3. The second-order valence-electron chi connectivity index (χ2n) is 5.86. The molecule has 0 saturated carbocycles. The van der Waals surface area contributed by atoms with Crippen molar-refractivity contribution in [2.45, 2.75) is 18.9 Å². The molecule has 2 aromatic carbocycles. The van der Waals surface area contributed by atoms with Crippen molar-refractivity contribution in [2.75, 3.05) is 7.11 Å². The van der Waals surface area contributed by atoms with E-state index < -0.39 is 23.5 Å². The molecule has 0 bridgehead atoms. The molecule has 1 heterocycles. The van der Waals surface area contributed by atoms with Crippen LogP contribution in [0.1, 0.15) is 33.2 Å². The first kappa shape index (κ1) is 16.7. The zero-order valence-electron chi connectivity index (χ0n) is 13.8. The Labute approximate surface area is 144 Å². The second kappa shape index (κ2) is 6.39. The Morgan fingerprint density at radius 1 is 1.08 bits per heavy atom. The van der Waals surface area contributed by atoms with Crippen molar-refractivity contribution in [2.24, 2.45) is 0 Å². The van der Waals surface area contributed by atoms with Gasteiger partial charge in [-0.25, -0.2) is 14.4 Å². The molecule has 0 amide bonds. The summed E-state index contributed by atoms with van der Waals surface area (Å²) in [6, 6.07) is 12.9. The van der Waals surface area contributed by atoms with Crippen molar-refractivity contribution in [3.63, 3.8) is 0 Å². The van der Waals surface area contributed by atoms with E-state index >= 15 is 0 Å². The molecule has 3 rings (SSSR count). The van der Waals surface area contributed by atoms with Crippen molar-refractivity contribution in [1.82, 2.24) is 0 Å². The van der Waals surface area contributed by atoms with Crippen LogP contribution in [0.3, 0.4) is 0 Å². The number of fused-ring (bicyclic) bond motifs is 1. The lowest BCUT2D eigenvalue weighted by molar-refractivity contribution is -0.155. The third-order valence-electron chi connectivity index (χ3n) is 4.00. The highest BCUT2D eigenvalue weighted by atomic mass is 16.6. The number of ether oxygens (including phenoxy) is 3. The number of benzene rings is 2. The van der Waals surface area contributed by atoms with Crippen molar-refractivity contribution >= 4 is 17.9 Å². The van der Waals surface area contributed by atoms with E-state index in [0.717, 1.165) is 5.56 Å². The SMILES string of the molecule is COC(=O)c1ccc(OC(=O)[C@]2(C)Cc3ccccc3C(=O)O2)cc1. The first-order valence-corrected chi connectivity index (χ1v) is 7.65. The predicted octanol–water partition coefficient (Wildman–Crippen LogP) is 2.55. The van der Waals surface area contributed by atoms with Crippen LogP contribution in [0, 0.1) is 0 Å². The van der Waals surface area contributed by atoms with Crippen LogP contribution in [-0.2, 0) is 20.7 Å². The van der Waals surface area contributed by atoms with Gasteiger partial charge in [-0.15, -0.1) is 0 Å². The largest absolute Gasteiger partial charge is 0.465 e. The number of hydrogen-bond donors (Lipinski definition) is 0. The Morgan fingerprint density at radius 3 is 2.44 bits per heavy atom. The summed E-state index contributed by atoms with van der Waals surface area (Å²) in [5.41, 5.74) is 0.118. The van der Waals surface area contributed by atoms with Gasteiger partial charge in [0.25, 0.3) is 0 Å². The van der Waals surface area contributed by atoms with E-state index in [1.165, 1.54) is 38.3 Å². The zero-order valence-corrected chi connectivity index (χ0v) is 13.8. The van der Waals surface area contributed by atoms with Gasteiger partial charge in [-0.3, -0.25) is 0 Å². The highest BCUT2D eigenvalue weighted by Crippen LogP contribution is 2.29. The molecule has 1 aliphatic rings. The Kier molecular flexibility index (Phi) is 4.27. The lowest BCUT2D eigenvalue weighted by Gasteiger charge is -2.32. The molecule has 0 fully saturated rings. The topological polar surface area (TPSA) is 78.9 Å². The van der Waals surface area contributed by atoms with Crippen LogP contribution >= 0.6 is 0 Å². The molecule has 2 aromatic rings. The van der Waals surface area contributed by atoms with Gasteiger partial charge in [-0.2, -0.15) is 0 Å². The minimum absolute atomic E-state index is 0.230. The summed E-state index contributed by atoms with van der Waals surface area (Å²) in [4.78, 5) is 36.1. The highest BCUT2D eigenvalue weighted by Gasteiger charge is 2.44. The number of hydrogen-bond acceptors (Lipinski definition) is 6. The quantitative estimate of drug-likeness (QED) is 0.631. The Morgan fingerprint density at radius 2 is 1.76 bits per heavy atom. The Hall–Kier alpha value is -3.15. The molecule has 0 unspecified atom stereocenters. The number of esters is 3. The summed E-state index contributed by atoms with van der Waals surface area (Å²) in [6.07, 6.45) is 0.230. The van der Waals surface area contributed by atoms with Gasteiger partial charge in [-0.1, -0.05) is 18.2 Å². The summed E-state index contributed by atoms with van der Waals surface area (Å²) in [7, 11) is 1.28. The summed E-state index contributed by atoms with van der Waals surface area (Å²) in [5.74, 6) is -1.47. The van der Waals surface area contributed by atoms with E-state index in [2.05, 4.69) is 4.74 Å². The second-order valence-corrected chi connectivity index (χ2v) is 5.86. The van der Waals surface area contributed by atoms with Gasteiger partial charge in [0.15, 0.2) is 0 Å². The fraction of sp³-hybridized carbons (Fsp3) is 0.211. The van der Waals surface area contributed by atoms with E-state index in [0.29, 0.717) is 11.1 Å². The summed E-state index contributed by atoms with van der Waals surface area (Å²) in [6.45, 7) is 1.52. The Balaban J connectivity index is 1.77. The average molecular weight is 340 g/mol. The fourth-order valence-electron chi connectivity index (χ4n) is 2.64. The number of carbonyl (C=O) groups is 3. The molecular weight excluding hydrogens is 324 g/mol. The molecule has 0 radical (unpaired) electrons. The molecule has 0 aromatic heterocycles. The summed E-state index contributed by atoms with van der Waals surface area (Å²) >= 11 is 0. The van der Waals surface area contributed by atoms with E-state index in [9.17, 15) is 14.4 Å². The van der Waals surface area contributed by atoms with E-state index in [4.69, 9.17) is 9.47 Å². The maximum Gasteiger partial charge on any atom is 0.356 e. The van der Waals surface area contributed by atoms with Gasteiger partial charge < -0.3 is 14.2 Å². The van der Waals surface area contributed by atoms with Crippen LogP contribution in [-0.4, -0.2) is 30.6 Å². The number of methoxy groups -OCH3 is 1. The zero-order chi connectivity index (χ0) is 18.0. The minimum atomic E-state index is -1.41. The molecule has 0 spiro atoms. The minimum Gasteiger partial charge on any atom is -0.465 e. The van der Waals surface area contributed by atoms with Gasteiger partial charge in [0.1, 0.15) is 5.75 Å². The molecule has 0 saturated heterocycles. The van der Waals surface area contributed by atoms with Crippen LogP contribution in [0.5, 0.6) is 5.75 Å². The first-order chi connectivity index (χ1) is 11.9. The maximum atomic E-state index is 12.5. The molecule has 1 atom stereocenters. The van der Waals surface area contributed by atoms with Crippen LogP contribution in [0.25, 0.3) is 0 Å². The van der Waals surface area contributed by atoms with Gasteiger partial charge in [0.05, 0.1) is 18.2 Å². The predicted molar refractivity (Wildman–Crippen MR) is 87.4 cm³/mol. The molecule has 25 heavy (non-hydrogen) atoms. The summed E-state index contributed by atoms with van der Waals surface area (Å²) < 4.78 is 15.3. The van der Waals surface area contributed by atoms with Crippen molar-refractivity contribution in [3.8, 4) is 5.75 Å². The van der Waals surface area contributed by atoms with Gasteiger partial charge in [-0.05, 0) is 42.8 Å². The molecule has 0 N–H and O–H groups in total. The average Bonchev–Trinajstić information content (AvgIpc) is 2.61.